The number of aliphatic hydroxyl groups excluding tert-OH is 1. The van der Waals surface area contributed by atoms with Crippen LogP contribution in [-0.4, -0.2) is 48.4 Å². The van der Waals surface area contributed by atoms with Gasteiger partial charge in [-0.05, 0) is 23.3 Å². The Morgan fingerprint density at radius 3 is 2.88 bits per heavy atom. The number of nitrogens with zero attached hydrogens (tertiary/aromatic N) is 1. The predicted octanol–water partition coefficient (Wildman–Crippen LogP) is 1.81. The van der Waals surface area contributed by atoms with Crippen molar-refractivity contribution in [2.75, 3.05) is 27.0 Å². The van der Waals surface area contributed by atoms with Gasteiger partial charge in [-0.15, -0.1) is 0 Å². The van der Waals surface area contributed by atoms with E-state index in [9.17, 15) is 10.3 Å². The fraction of sp³-hybridized carbons (Fsp3) is 0.556. The third-order valence-electron chi connectivity index (χ3n) is 6.34. The van der Waals surface area contributed by atoms with Gasteiger partial charge in [0.2, 0.25) is 6.79 Å². The van der Waals surface area contributed by atoms with E-state index in [2.05, 4.69) is 0 Å². The second-order valence-corrected chi connectivity index (χ2v) is 7.26. The molecule has 1 saturated heterocycles. The average Bonchev–Trinajstić information content (AvgIpc) is 3.21. The summed E-state index contributed by atoms with van der Waals surface area (Å²) >= 11 is 0. The van der Waals surface area contributed by atoms with Crippen LogP contribution in [0.2, 0.25) is 0 Å². The first-order valence-electron chi connectivity index (χ1n) is 8.53. The smallest absolute Gasteiger partial charge is 0.231 e. The van der Waals surface area contributed by atoms with Crippen molar-refractivity contribution in [2.24, 2.45) is 0 Å². The Kier molecular flexibility index (Phi) is 2.83. The van der Waals surface area contributed by atoms with E-state index in [0.717, 1.165) is 29.7 Å². The van der Waals surface area contributed by atoms with Crippen LogP contribution in [0.5, 0.6) is 11.5 Å². The Hall–Kier alpha value is -1.76. The minimum Gasteiger partial charge on any atom is -0.632 e. The third kappa shape index (κ3) is 1.61. The fourth-order valence-corrected chi connectivity index (χ4v) is 5.23. The van der Waals surface area contributed by atoms with Gasteiger partial charge in [-0.25, -0.2) is 0 Å². The molecular weight excluding hydrogens is 310 g/mol. The minimum absolute atomic E-state index is 0.222. The SMILES string of the molecule is COC1=CC23CCC[N+]2([O-])CCc2cc4c(cc2[C@@H]3[C@@H]1O)OCO4. The molecule has 1 N–H and O–H groups in total. The van der Waals surface area contributed by atoms with Crippen LogP contribution in [0.25, 0.3) is 0 Å². The van der Waals surface area contributed by atoms with E-state index in [4.69, 9.17) is 14.2 Å². The van der Waals surface area contributed by atoms with Gasteiger partial charge in [0.15, 0.2) is 11.5 Å². The van der Waals surface area contributed by atoms with Gasteiger partial charge in [0.05, 0.1) is 26.1 Å². The van der Waals surface area contributed by atoms with Gasteiger partial charge < -0.3 is 29.2 Å². The summed E-state index contributed by atoms with van der Waals surface area (Å²) < 4.78 is 16.2. The van der Waals surface area contributed by atoms with Gasteiger partial charge in [-0.3, -0.25) is 0 Å². The molecule has 5 rings (SSSR count). The van der Waals surface area contributed by atoms with Crippen LogP contribution in [0.1, 0.15) is 29.9 Å². The number of methoxy groups -OCH3 is 1. The first-order valence-corrected chi connectivity index (χ1v) is 8.53. The van der Waals surface area contributed by atoms with E-state index in [1.54, 1.807) is 7.11 Å². The van der Waals surface area contributed by atoms with Gasteiger partial charge in [0.1, 0.15) is 17.4 Å². The summed E-state index contributed by atoms with van der Waals surface area (Å²) in [7, 11) is 1.56. The molecule has 3 heterocycles. The Labute approximate surface area is 140 Å². The van der Waals surface area contributed by atoms with E-state index in [1.165, 1.54) is 0 Å². The number of hydroxylamine groups is 3. The number of rotatable bonds is 1. The lowest BCUT2D eigenvalue weighted by atomic mass is 9.77. The van der Waals surface area contributed by atoms with E-state index in [0.29, 0.717) is 31.0 Å². The van der Waals surface area contributed by atoms with Gasteiger partial charge in [-0.1, -0.05) is 0 Å². The van der Waals surface area contributed by atoms with Gasteiger partial charge >= 0.3 is 0 Å². The number of aliphatic hydroxyl groups is 1. The Balaban J connectivity index is 1.74. The van der Waals surface area contributed by atoms with Crippen LogP contribution in [0.15, 0.2) is 24.0 Å². The molecule has 6 heteroatoms. The summed E-state index contributed by atoms with van der Waals surface area (Å²) in [5, 5.41) is 24.6. The van der Waals surface area contributed by atoms with Crippen LogP contribution in [0.4, 0.5) is 0 Å². The van der Waals surface area contributed by atoms with Crippen molar-refractivity contribution in [3.05, 3.63) is 40.3 Å². The lowest BCUT2D eigenvalue weighted by molar-refractivity contribution is -0.912. The number of ether oxygens (including phenoxy) is 3. The largest absolute Gasteiger partial charge is 0.632 e. The molecule has 0 bridgehead atoms. The molecule has 3 aliphatic heterocycles. The second-order valence-electron chi connectivity index (χ2n) is 7.26. The topological polar surface area (TPSA) is 71.0 Å². The molecule has 1 aromatic carbocycles. The van der Waals surface area contributed by atoms with E-state index >= 15 is 0 Å². The minimum atomic E-state index is -0.795. The summed E-state index contributed by atoms with van der Waals surface area (Å²) in [5.74, 6) is 1.66. The standard InChI is InChI=1S/C18H21NO5/c1-22-15-9-18-4-2-5-19(18,21)6-3-11-7-13-14(24-10-23-13)8-12(11)16(18)17(15)20/h7-9,16-17,20H,2-6,10H2,1H3/t16-,17-,18?,19?/m1/s1. The van der Waals surface area contributed by atoms with Crippen molar-refractivity contribution in [2.45, 2.75) is 36.8 Å². The molecule has 1 aliphatic carbocycles. The summed E-state index contributed by atoms with van der Waals surface area (Å²) in [4.78, 5) is 0. The van der Waals surface area contributed by atoms with Crippen molar-refractivity contribution in [1.82, 2.24) is 0 Å². The second kappa shape index (κ2) is 4.65. The summed E-state index contributed by atoms with van der Waals surface area (Å²) in [5.41, 5.74) is 1.45. The summed E-state index contributed by atoms with van der Waals surface area (Å²) in [6.07, 6.45) is 3.47. The zero-order valence-electron chi connectivity index (χ0n) is 13.7. The highest BCUT2D eigenvalue weighted by atomic mass is 16.7. The molecule has 6 nitrogen and oxygen atoms in total. The molecule has 24 heavy (non-hydrogen) atoms. The summed E-state index contributed by atoms with van der Waals surface area (Å²) in [6.45, 7) is 1.33. The van der Waals surface area contributed by atoms with Gasteiger partial charge in [0, 0.05) is 25.3 Å². The van der Waals surface area contributed by atoms with Gasteiger partial charge in [0.25, 0.3) is 0 Å². The molecule has 1 fully saturated rings. The fourth-order valence-electron chi connectivity index (χ4n) is 5.23. The van der Waals surface area contributed by atoms with Gasteiger partial charge in [-0.2, -0.15) is 0 Å². The summed E-state index contributed by atoms with van der Waals surface area (Å²) in [6, 6.07) is 3.95. The maximum atomic E-state index is 13.7. The Bertz CT molecular complexity index is 747. The zero-order chi connectivity index (χ0) is 16.5. The number of benzene rings is 1. The van der Waals surface area contributed by atoms with Crippen molar-refractivity contribution >= 4 is 0 Å². The van der Waals surface area contributed by atoms with Crippen molar-refractivity contribution in [3.8, 4) is 11.5 Å². The lowest BCUT2D eigenvalue weighted by Gasteiger charge is -2.52. The maximum absolute atomic E-state index is 13.7. The number of fused-ring (bicyclic) bond motifs is 3. The van der Waals surface area contributed by atoms with E-state index < -0.39 is 11.6 Å². The third-order valence-corrected chi connectivity index (χ3v) is 6.34. The maximum Gasteiger partial charge on any atom is 0.231 e. The highest BCUT2D eigenvalue weighted by Crippen LogP contribution is 2.57. The molecule has 1 spiro atoms. The quantitative estimate of drug-likeness (QED) is 0.628. The Morgan fingerprint density at radius 1 is 1.29 bits per heavy atom. The molecule has 4 atom stereocenters. The van der Waals surface area contributed by atoms with Crippen LogP contribution >= 0.6 is 0 Å². The van der Waals surface area contributed by atoms with Crippen molar-refractivity contribution in [3.63, 3.8) is 0 Å². The highest BCUT2D eigenvalue weighted by molar-refractivity contribution is 5.53. The number of quaternary nitrogens is 1. The first kappa shape index (κ1) is 14.6. The monoisotopic (exact) mass is 331 g/mol. The van der Waals surface area contributed by atoms with Crippen LogP contribution in [0, 0.1) is 5.21 Å². The lowest BCUT2D eigenvalue weighted by Crippen LogP contribution is -2.58. The molecule has 0 radical (unpaired) electrons. The van der Waals surface area contributed by atoms with Crippen LogP contribution in [-0.2, 0) is 11.2 Å². The molecule has 1 aromatic rings. The highest BCUT2D eigenvalue weighted by Gasteiger charge is 2.62. The molecule has 4 aliphatic rings. The van der Waals surface area contributed by atoms with E-state index in [-0.39, 0.29) is 17.4 Å². The first-order chi connectivity index (χ1) is 11.6. The molecule has 2 unspecified atom stereocenters. The molecular formula is C18H21NO5. The molecule has 0 aromatic heterocycles. The Morgan fingerprint density at radius 2 is 2.08 bits per heavy atom. The zero-order valence-corrected chi connectivity index (χ0v) is 13.7. The predicted molar refractivity (Wildman–Crippen MR) is 85.4 cm³/mol. The van der Waals surface area contributed by atoms with Crippen molar-refractivity contribution in [1.29, 1.82) is 0 Å². The molecule has 128 valence electrons. The van der Waals surface area contributed by atoms with Crippen molar-refractivity contribution < 1.29 is 24.0 Å². The number of hydrogen-bond donors (Lipinski definition) is 1. The average molecular weight is 331 g/mol. The molecule has 0 saturated carbocycles. The number of hydrogen-bond acceptors (Lipinski definition) is 5. The van der Waals surface area contributed by atoms with Crippen LogP contribution < -0.4 is 9.47 Å². The molecule has 0 amide bonds. The van der Waals surface area contributed by atoms with E-state index in [1.807, 2.05) is 18.2 Å². The normalized spacial score (nSPS) is 38.9. The van der Waals surface area contributed by atoms with Crippen LogP contribution in [0.3, 0.4) is 0 Å².